The second-order valence-electron chi connectivity index (χ2n) is 4.99. The van der Waals surface area contributed by atoms with Gasteiger partial charge < -0.3 is 15.0 Å². The van der Waals surface area contributed by atoms with E-state index in [1.165, 1.54) is 0 Å². The van der Waals surface area contributed by atoms with Crippen LogP contribution in [0.5, 0.6) is 0 Å². The Morgan fingerprint density at radius 2 is 2.40 bits per heavy atom. The van der Waals surface area contributed by atoms with Crippen molar-refractivity contribution in [2.45, 2.75) is 19.4 Å². The van der Waals surface area contributed by atoms with Crippen LogP contribution in [0.4, 0.5) is 0 Å². The van der Waals surface area contributed by atoms with Gasteiger partial charge in [0.1, 0.15) is 5.15 Å². The van der Waals surface area contributed by atoms with Gasteiger partial charge in [-0.05, 0) is 25.6 Å². The van der Waals surface area contributed by atoms with E-state index in [9.17, 15) is 4.79 Å². The average molecular weight is 298 g/mol. The summed E-state index contributed by atoms with van der Waals surface area (Å²) in [5.41, 5.74) is 1.36. The summed E-state index contributed by atoms with van der Waals surface area (Å²) in [6, 6.07) is 3.36. The van der Waals surface area contributed by atoms with Crippen LogP contribution in [0.1, 0.15) is 23.0 Å². The molecule has 1 atom stereocenters. The van der Waals surface area contributed by atoms with E-state index in [1.807, 2.05) is 14.0 Å². The monoisotopic (exact) mass is 297 g/mol. The number of aromatic nitrogens is 1. The second kappa shape index (κ2) is 7.02. The van der Waals surface area contributed by atoms with E-state index in [0.29, 0.717) is 23.9 Å². The molecule has 0 bridgehead atoms. The molecule has 1 saturated heterocycles. The zero-order valence-corrected chi connectivity index (χ0v) is 12.6. The first kappa shape index (κ1) is 15.2. The molecule has 1 N–H and O–H groups in total. The van der Waals surface area contributed by atoms with Crippen LogP contribution in [0.15, 0.2) is 12.1 Å². The van der Waals surface area contributed by atoms with Crippen LogP contribution in [-0.4, -0.2) is 55.2 Å². The molecule has 110 valence electrons. The summed E-state index contributed by atoms with van der Waals surface area (Å²) in [5.74, 6) is -0.138. The molecular formula is C14H20ClN3O2. The Morgan fingerprint density at radius 1 is 1.60 bits per heavy atom. The highest BCUT2D eigenvalue weighted by atomic mass is 35.5. The van der Waals surface area contributed by atoms with Gasteiger partial charge >= 0.3 is 0 Å². The second-order valence-corrected chi connectivity index (χ2v) is 5.38. The number of amides is 1. The first-order valence-electron chi connectivity index (χ1n) is 6.83. The van der Waals surface area contributed by atoms with E-state index in [4.69, 9.17) is 16.3 Å². The minimum absolute atomic E-state index is 0.0423. The number of halogens is 1. The molecule has 5 nitrogen and oxygen atoms in total. The SMILES string of the molecule is CCc1cc(C(=O)NCC2CN(C)CCO2)cc(Cl)n1. The highest BCUT2D eigenvalue weighted by Gasteiger charge is 2.18. The molecular weight excluding hydrogens is 278 g/mol. The Bertz CT molecular complexity index is 481. The lowest BCUT2D eigenvalue weighted by Crippen LogP contribution is -2.45. The molecule has 6 heteroatoms. The van der Waals surface area contributed by atoms with Crippen molar-refractivity contribution in [2.75, 3.05) is 33.3 Å². The molecule has 0 aromatic carbocycles. The third kappa shape index (κ3) is 4.16. The Morgan fingerprint density at radius 3 is 3.10 bits per heavy atom. The van der Waals surface area contributed by atoms with Crippen molar-refractivity contribution in [1.82, 2.24) is 15.2 Å². The van der Waals surface area contributed by atoms with Gasteiger partial charge in [0.05, 0.1) is 12.7 Å². The first-order valence-corrected chi connectivity index (χ1v) is 7.21. The minimum atomic E-state index is -0.138. The highest BCUT2D eigenvalue weighted by molar-refractivity contribution is 6.29. The normalized spacial score (nSPS) is 19.9. The summed E-state index contributed by atoms with van der Waals surface area (Å²) in [6.07, 6.45) is 0.790. The fraction of sp³-hybridized carbons (Fsp3) is 0.571. The number of ether oxygens (including phenoxy) is 1. The topological polar surface area (TPSA) is 54.5 Å². The van der Waals surface area contributed by atoms with Crippen molar-refractivity contribution in [3.8, 4) is 0 Å². The maximum absolute atomic E-state index is 12.1. The molecule has 0 aliphatic carbocycles. The molecule has 2 rings (SSSR count). The zero-order chi connectivity index (χ0) is 14.5. The summed E-state index contributed by atoms with van der Waals surface area (Å²) < 4.78 is 5.61. The number of carbonyl (C=O) groups is 1. The standard InChI is InChI=1S/C14H20ClN3O2/c1-3-11-6-10(7-13(15)17-11)14(19)16-8-12-9-18(2)4-5-20-12/h6-7,12H,3-5,8-9H2,1-2H3,(H,16,19). The number of hydrogen-bond acceptors (Lipinski definition) is 4. The van der Waals surface area contributed by atoms with Gasteiger partial charge in [-0.1, -0.05) is 18.5 Å². The fourth-order valence-electron chi connectivity index (χ4n) is 2.16. The van der Waals surface area contributed by atoms with Gasteiger partial charge in [0.15, 0.2) is 0 Å². The van der Waals surface area contributed by atoms with E-state index < -0.39 is 0 Å². The number of pyridine rings is 1. The van der Waals surface area contributed by atoms with Crippen LogP contribution in [-0.2, 0) is 11.2 Å². The summed E-state index contributed by atoms with van der Waals surface area (Å²) in [6.45, 7) is 4.95. The van der Waals surface area contributed by atoms with Crippen LogP contribution in [0.25, 0.3) is 0 Å². The van der Waals surface area contributed by atoms with Crippen LogP contribution >= 0.6 is 11.6 Å². The number of carbonyl (C=O) groups excluding carboxylic acids is 1. The number of rotatable bonds is 4. The molecule has 1 aliphatic rings. The molecule has 2 heterocycles. The average Bonchev–Trinajstić information content (AvgIpc) is 2.44. The van der Waals surface area contributed by atoms with Gasteiger partial charge in [0.2, 0.25) is 0 Å². The van der Waals surface area contributed by atoms with Crippen LogP contribution < -0.4 is 5.32 Å². The molecule has 1 aliphatic heterocycles. The van der Waals surface area contributed by atoms with Crippen molar-refractivity contribution >= 4 is 17.5 Å². The van der Waals surface area contributed by atoms with Crippen molar-refractivity contribution in [1.29, 1.82) is 0 Å². The van der Waals surface area contributed by atoms with E-state index in [-0.39, 0.29) is 12.0 Å². The number of nitrogens with zero attached hydrogens (tertiary/aromatic N) is 2. The molecule has 1 unspecified atom stereocenters. The van der Waals surface area contributed by atoms with Gasteiger partial charge in [0, 0.05) is 30.9 Å². The summed E-state index contributed by atoms with van der Waals surface area (Å²) in [4.78, 5) is 18.5. The first-order chi connectivity index (χ1) is 9.58. The van der Waals surface area contributed by atoms with Crippen molar-refractivity contribution in [3.05, 3.63) is 28.5 Å². The molecule has 0 spiro atoms. The van der Waals surface area contributed by atoms with Gasteiger partial charge in [0.25, 0.3) is 5.91 Å². The molecule has 20 heavy (non-hydrogen) atoms. The highest BCUT2D eigenvalue weighted by Crippen LogP contribution is 2.11. The van der Waals surface area contributed by atoms with Crippen LogP contribution in [0.3, 0.4) is 0 Å². The van der Waals surface area contributed by atoms with Crippen LogP contribution in [0, 0.1) is 0 Å². The van der Waals surface area contributed by atoms with Gasteiger partial charge in [-0.2, -0.15) is 0 Å². The number of hydrogen-bond donors (Lipinski definition) is 1. The van der Waals surface area contributed by atoms with Gasteiger partial charge in [-0.3, -0.25) is 4.79 Å². The smallest absolute Gasteiger partial charge is 0.251 e. The molecule has 1 fully saturated rings. The predicted molar refractivity (Wildman–Crippen MR) is 78.2 cm³/mol. The molecule has 0 radical (unpaired) electrons. The maximum Gasteiger partial charge on any atom is 0.251 e. The predicted octanol–water partition coefficient (Wildman–Crippen LogP) is 1.36. The van der Waals surface area contributed by atoms with Crippen molar-refractivity contribution in [2.24, 2.45) is 0 Å². The lowest BCUT2D eigenvalue weighted by molar-refractivity contribution is -0.0175. The van der Waals surface area contributed by atoms with Crippen molar-refractivity contribution in [3.63, 3.8) is 0 Å². The minimum Gasteiger partial charge on any atom is -0.374 e. The van der Waals surface area contributed by atoms with E-state index in [0.717, 1.165) is 25.2 Å². The zero-order valence-electron chi connectivity index (χ0n) is 11.9. The quantitative estimate of drug-likeness (QED) is 0.853. The molecule has 1 aromatic rings. The lowest BCUT2D eigenvalue weighted by Gasteiger charge is -2.30. The van der Waals surface area contributed by atoms with Crippen molar-refractivity contribution < 1.29 is 9.53 Å². The Hall–Kier alpha value is -1.17. The van der Waals surface area contributed by atoms with E-state index in [1.54, 1.807) is 12.1 Å². The summed E-state index contributed by atoms with van der Waals surface area (Å²) in [5, 5.41) is 3.24. The lowest BCUT2D eigenvalue weighted by atomic mass is 10.2. The Balaban J connectivity index is 1.93. The summed E-state index contributed by atoms with van der Waals surface area (Å²) >= 11 is 5.92. The Kier molecular flexibility index (Phi) is 5.34. The number of aryl methyl sites for hydroxylation is 1. The van der Waals surface area contributed by atoms with E-state index in [2.05, 4.69) is 15.2 Å². The molecule has 0 saturated carbocycles. The van der Waals surface area contributed by atoms with Gasteiger partial charge in [-0.25, -0.2) is 4.98 Å². The number of morpholine rings is 1. The fourth-order valence-corrected chi connectivity index (χ4v) is 2.39. The van der Waals surface area contributed by atoms with E-state index >= 15 is 0 Å². The maximum atomic E-state index is 12.1. The third-order valence-electron chi connectivity index (χ3n) is 3.30. The largest absolute Gasteiger partial charge is 0.374 e. The molecule has 1 aromatic heterocycles. The number of likely N-dealkylation sites (N-methyl/N-ethyl adjacent to an activating group) is 1. The third-order valence-corrected chi connectivity index (χ3v) is 3.50. The Labute approximate surface area is 124 Å². The van der Waals surface area contributed by atoms with Gasteiger partial charge in [-0.15, -0.1) is 0 Å². The van der Waals surface area contributed by atoms with Crippen LogP contribution in [0.2, 0.25) is 5.15 Å². The molecule has 1 amide bonds. The summed E-state index contributed by atoms with van der Waals surface area (Å²) in [7, 11) is 2.05. The number of nitrogens with one attached hydrogen (secondary N) is 1.